The fourth-order valence-electron chi connectivity index (χ4n) is 3.90. The molecule has 10 heteroatoms. The highest BCUT2D eigenvalue weighted by atomic mass is 16.1. The average Bonchev–Trinajstić information content (AvgIpc) is 3.53. The van der Waals surface area contributed by atoms with Gasteiger partial charge in [-0.3, -0.25) is 24.8 Å². The van der Waals surface area contributed by atoms with E-state index in [9.17, 15) is 4.79 Å². The maximum absolute atomic E-state index is 11.8. The van der Waals surface area contributed by atoms with E-state index in [1.807, 2.05) is 36.4 Å². The summed E-state index contributed by atoms with van der Waals surface area (Å²) in [5, 5.41) is 11.1. The zero-order chi connectivity index (χ0) is 23.8. The number of nitrogens with one attached hydrogen (secondary N) is 3. The maximum atomic E-state index is 11.8. The fourth-order valence-corrected chi connectivity index (χ4v) is 3.90. The Kier molecular flexibility index (Phi) is 4.95. The highest BCUT2D eigenvalue weighted by Crippen LogP contribution is 2.31. The minimum atomic E-state index is -0.0703. The van der Waals surface area contributed by atoms with E-state index in [1.165, 1.54) is 0 Å². The molecule has 0 aromatic carbocycles. The van der Waals surface area contributed by atoms with E-state index < -0.39 is 0 Å². The van der Waals surface area contributed by atoms with Crippen LogP contribution in [0.2, 0.25) is 0 Å². The van der Waals surface area contributed by atoms with Gasteiger partial charge in [-0.05, 0) is 30.3 Å². The summed E-state index contributed by atoms with van der Waals surface area (Å²) in [7, 11) is 0. The van der Waals surface area contributed by atoms with Crippen molar-refractivity contribution >= 4 is 33.7 Å². The van der Waals surface area contributed by atoms with Gasteiger partial charge in [-0.2, -0.15) is 5.10 Å². The fraction of sp³-hybridized carbons (Fsp3) is 0.0800. The number of hydrogen-bond donors (Lipinski definition) is 3. The second kappa shape index (κ2) is 8.41. The van der Waals surface area contributed by atoms with Gasteiger partial charge in [0.05, 0.1) is 28.5 Å². The number of H-pyrrole nitrogens is 2. The normalized spacial score (nSPS) is 11.2. The number of carbonyl (C=O) groups is 1. The second-order valence-corrected chi connectivity index (χ2v) is 7.91. The van der Waals surface area contributed by atoms with Gasteiger partial charge in [0.2, 0.25) is 5.91 Å². The minimum absolute atomic E-state index is 0.0703. The molecule has 6 rings (SSSR count). The first kappa shape index (κ1) is 20.6. The van der Waals surface area contributed by atoms with Crippen molar-refractivity contribution in [2.45, 2.75) is 13.3 Å². The molecule has 170 valence electrons. The van der Waals surface area contributed by atoms with Crippen molar-refractivity contribution in [1.29, 1.82) is 0 Å². The van der Waals surface area contributed by atoms with Gasteiger partial charge < -0.3 is 10.3 Å². The monoisotopic (exact) mass is 461 g/mol. The molecule has 0 unspecified atom stereocenters. The van der Waals surface area contributed by atoms with E-state index in [0.717, 1.165) is 27.7 Å². The number of nitrogens with zero attached hydrogens (tertiary/aromatic N) is 6. The molecule has 1 amide bonds. The van der Waals surface area contributed by atoms with Crippen molar-refractivity contribution in [2.75, 3.05) is 5.32 Å². The zero-order valence-electron chi connectivity index (χ0n) is 18.6. The molecule has 0 saturated heterocycles. The van der Waals surface area contributed by atoms with Gasteiger partial charge in [-0.25, -0.2) is 9.97 Å². The quantitative estimate of drug-likeness (QED) is 0.346. The number of hydrogen-bond acceptors (Lipinski definition) is 7. The lowest BCUT2D eigenvalue weighted by Gasteiger charge is -2.06. The smallest absolute Gasteiger partial charge is 0.224 e. The predicted octanol–water partition coefficient (Wildman–Crippen LogP) is 4.37. The summed E-state index contributed by atoms with van der Waals surface area (Å²) in [5.74, 6) is 0.525. The predicted molar refractivity (Wildman–Crippen MR) is 132 cm³/mol. The molecular weight excluding hydrogens is 442 g/mol. The Morgan fingerprint density at radius 1 is 0.971 bits per heavy atom. The number of imidazole rings is 1. The molecule has 6 heterocycles. The highest BCUT2D eigenvalue weighted by Gasteiger charge is 2.17. The summed E-state index contributed by atoms with van der Waals surface area (Å²) in [6.45, 7) is 1.80. The van der Waals surface area contributed by atoms with Gasteiger partial charge >= 0.3 is 0 Å². The van der Waals surface area contributed by atoms with Gasteiger partial charge in [0, 0.05) is 42.3 Å². The molecule has 3 N–H and O–H groups in total. The van der Waals surface area contributed by atoms with Crippen molar-refractivity contribution in [2.24, 2.45) is 0 Å². The van der Waals surface area contributed by atoms with Gasteiger partial charge in [-0.1, -0.05) is 13.0 Å². The van der Waals surface area contributed by atoms with Crippen LogP contribution in [0, 0.1) is 0 Å². The third-order valence-corrected chi connectivity index (χ3v) is 5.63. The molecule has 0 radical (unpaired) electrons. The first-order valence-corrected chi connectivity index (χ1v) is 11.1. The van der Waals surface area contributed by atoms with E-state index in [-0.39, 0.29) is 5.91 Å². The molecule has 0 spiro atoms. The summed E-state index contributed by atoms with van der Waals surface area (Å²) in [6, 6.07) is 11.4. The Balaban J connectivity index is 1.43. The van der Waals surface area contributed by atoms with Crippen molar-refractivity contribution < 1.29 is 4.79 Å². The molecule has 0 aliphatic heterocycles. The molecule has 6 aromatic rings. The first-order chi connectivity index (χ1) is 17.2. The number of fused-ring (bicyclic) bond motifs is 2. The molecule has 10 nitrogen and oxygen atoms in total. The molecule has 0 bridgehead atoms. The van der Waals surface area contributed by atoms with E-state index in [0.29, 0.717) is 40.5 Å². The molecule has 0 aliphatic rings. The molecule has 0 saturated carbocycles. The molecule has 35 heavy (non-hydrogen) atoms. The molecule has 6 aromatic heterocycles. The van der Waals surface area contributed by atoms with Crippen LogP contribution in [0.5, 0.6) is 0 Å². The number of anilines is 1. The Labute approximate surface area is 198 Å². The van der Waals surface area contributed by atoms with Crippen LogP contribution in [-0.4, -0.2) is 46.0 Å². The lowest BCUT2D eigenvalue weighted by atomic mass is 10.1. The minimum Gasteiger partial charge on any atom is -0.336 e. The Bertz CT molecular complexity index is 1690. The van der Waals surface area contributed by atoms with Gasteiger partial charge in [0.15, 0.2) is 11.5 Å². The number of pyridine rings is 4. The third kappa shape index (κ3) is 3.76. The standard InChI is InChI=1S/C25H19N9O/c1-2-20(35)30-16-9-14(11-26-13-16)15-10-17-21(33-34-24(17)29-12-15)25-31-19-6-8-28-22(23(19)32-25)18-5-3-4-7-27-18/h3-13H,2H2,1H3,(H,30,35)(H,31,32)(H,29,33,34). The maximum Gasteiger partial charge on any atom is 0.224 e. The van der Waals surface area contributed by atoms with Crippen LogP contribution < -0.4 is 5.32 Å². The summed E-state index contributed by atoms with van der Waals surface area (Å²) in [6.07, 6.45) is 8.95. The number of rotatable bonds is 5. The SMILES string of the molecule is CCC(=O)Nc1cncc(-c2cnc3[nH]nc(-c4nc5c(-c6ccccn6)nccc5[nH]4)c3c2)c1. The average molecular weight is 461 g/mol. The second-order valence-electron chi connectivity index (χ2n) is 7.91. The lowest BCUT2D eigenvalue weighted by Crippen LogP contribution is -2.09. The van der Waals surface area contributed by atoms with Gasteiger partial charge in [0.1, 0.15) is 16.9 Å². The topological polar surface area (TPSA) is 138 Å². The summed E-state index contributed by atoms with van der Waals surface area (Å²) < 4.78 is 0. The van der Waals surface area contributed by atoms with Crippen molar-refractivity contribution in [3.63, 3.8) is 0 Å². The number of aromatic nitrogens is 8. The van der Waals surface area contributed by atoms with E-state index >= 15 is 0 Å². The van der Waals surface area contributed by atoms with Crippen LogP contribution >= 0.6 is 0 Å². The van der Waals surface area contributed by atoms with Crippen molar-refractivity contribution in [3.05, 3.63) is 67.4 Å². The van der Waals surface area contributed by atoms with Crippen LogP contribution in [-0.2, 0) is 4.79 Å². The molecular formula is C25H19N9O. The van der Waals surface area contributed by atoms with Gasteiger partial charge in [-0.15, -0.1) is 0 Å². The Morgan fingerprint density at radius 2 is 1.89 bits per heavy atom. The van der Waals surface area contributed by atoms with Gasteiger partial charge in [0.25, 0.3) is 0 Å². The molecule has 0 fully saturated rings. The largest absolute Gasteiger partial charge is 0.336 e. The van der Waals surface area contributed by atoms with E-state index in [4.69, 9.17) is 4.98 Å². The Morgan fingerprint density at radius 3 is 2.74 bits per heavy atom. The number of aromatic amines is 2. The van der Waals surface area contributed by atoms with Crippen LogP contribution in [0.25, 0.3) is 56.1 Å². The van der Waals surface area contributed by atoms with Crippen LogP contribution in [0.3, 0.4) is 0 Å². The summed E-state index contributed by atoms with van der Waals surface area (Å²) >= 11 is 0. The zero-order valence-corrected chi connectivity index (χ0v) is 18.6. The number of amides is 1. The molecule has 0 atom stereocenters. The Hall–Kier alpha value is -4.99. The van der Waals surface area contributed by atoms with Crippen LogP contribution in [0.15, 0.2) is 67.4 Å². The van der Waals surface area contributed by atoms with E-state index in [2.05, 4.69) is 40.4 Å². The molecule has 0 aliphatic carbocycles. The van der Waals surface area contributed by atoms with Crippen LogP contribution in [0.4, 0.5) is 5.69 Å². The number of carbonyl (C=O) groups excluding carboxylic acids is 1. The highest BCUT2D eigenvalue weighted by molar-refractivity contribution is 5.96. The van der Waals surface area contributed by atoms with E-state index in [1.54, 1.807) is 37.9 Å². The van der Waals surface area contributed by atoms with Crippen molar-refractivity contribution in [3.8, 4) is 34.0 Å². The first-order valence-electron chi connectivity index (χ1n) is 11.1. The third-order valence-electron chi connectivity index (χ3n) is 5.63. The van der Waals surface area contributed by atoms with Crippen molar-refractivity contribution in [1.82, 2.24) is 40.1 Å². The van der Waals surface area contributed by atoms with Crippen LogP contribution in [0.1, 0.15) is 13.3 Å². The lowest BCUT2D eigenvalue weighted by molar-refractivity contribution is -0.115. The summed E-state index contributed by atoms with van der Waals surface area (Å²) in [5.41, 5.74) is 6.56. The summed E-state index contributed by atoms with van der Waals surface area (Å²) in [4.78, 5) is 37.7.